The second-order valence-corrected chi connectivity index (χ2v) is 8.59. The van der Waals surface area contributed by atoms with Gasteiger partial charge in [-0.15, -0.1) is 0 Å². The molecule has 8 nitrogen and oxygen atoms in total. The fourth-order valence-corrected chi connectivity index (χ4v) is 4.22. The number of carbonyl (C=O) groups is 2. The van der Waals surface area contributed by atoms with Gasteiger partial charge in [0.25, 0.3) is 11.5 Å². The Labute approximate surface area is 198 Å². The molecule has 0 saturated heterocycles. The molecule has 4 aromatic rings. The minimum atomic E-state index is -0.549. The Hall–Kier alpha value is -3.92. The summed E-state index contributed by atoms with van der Waals surface area (Å²) in [5.41, 5.74) is 6.24. The number of amides is 2. The number of aromatic nitrogens is 2. The Bertz CT molecular complexity index is 1420. The molecule has 2 amide bonds. The summed E-state index contributed by atoms with van der Waals surface area (Å²) in [6, 6.07) is 14.1. The second kappa shape index (κ2) is 9.92. The van der Waals surface area contributed by atoms with Crippen LogP contribution in [0, 0.1) is 5.82 Å². The van der Waals surface area contributed by atoms with E-state index in [1.807, 2.05) is 0 Å². The molecule has 2 heterocycles. The minimum Gasteiger partial charge on any atom is -0.467 e. The molecule has 0 bridgehead atoms. The van der Waals surface area contributed by atoms with Gasteiger partial charge in [0.15, 0.2) is 5.16 Å². The van der Waals surface area contributed by atoms with E-state index in [1.165, 1.54) is 33.9 Å². The first kappa shape index (κ1) is 23.2. The lowest BCUT2D eigenvalue weighted by atomic mass is 10.1. The molecule has 4 rings (SSSR count). The Balaban J connectivity index is 1.68. The Morgan fingerprint density at radius 3 is 2.71 bits per heavy atom. The van der Waals surface area contributed by atoms with Crippen molar-refractivity contribution >= 4 is 34.5 Å². The van der Waals surface area contributed by atoms with Gasteiger partial charge in [-0.25, -0.2) is 9.37 Å². The van der Waals surface area contributed by atoms with Gasteiger partial charge >= 0.3 is 0 Å². The van der Waals surface area contributed by atoms with Gasteiger partial charge < -0.3 is 15.1 Å². The highest BCUT2D eigenvalue weighted by molar-refractivity contribution is 7.99. The van der Waals surface area contributed by atoms with Crippen molar-refractivity contribution in [2.75, 3.05) is 12.8 Å². The molecule has 0 aliphatic carbocycles. The molecule has 34 heavy (non-hydrogen) atoms. The summed E-state index contributed by atoms with van der Waals surface area (Å²) in [4.78, 5) is 43.5. The summed E-state index contributed by atoms with van der Waals surface area (Å²) in [6.45, 7) is 0.347. The molecule has 0 spiro atoms. The van der Waals surface area contributed by atoms with E-state index in [0.717, 1.165) is 11.8 Å². The van der Waals surface area contributed by atoms with Gasteiger partial charge in [-0.2, -0.15) is 0 Å². The molecular formula is C24H21FN4O4S. The van der Waals surface area contributed by atoms with Gasteiger partial charge in [0.1, 0.15) is 11.6 Å². The third-order valence-electron chi connectivity index (χ3n) is 5.06. The van der Waals surface area contributed by atoms with E-state index < -0.39 is 5.91 Å². The van der Waals surface area contributed by atoms with Gasteiger partial charge in [-0.05, 0) is 48.0 Å². The maximum atomic E-state index is 13.5. The first-order valence-corrected chi connectivity index (χ1v) is 11.3. The Kier molecular flexibility index (Phi) is 6.78. The molecule has 174 valence electrons. The lowest BCUT2D eigenvalue weighted by Gasteiger charge is -2.18. The predicted octanol–water partition coefficient (Wildman–Crippen LogP) is 3.03. The highest BCUT2D eigenvalue weighted by Gasteiger charge is 2.18. The number of thioether (sulfide) groups is 1. The van der Waals surface area contributed by atoms with Crippen molar-refractivity contribution in [1.82, 2.24) is 14.5 Å². The number of halogens is 1. The van der Waals surface area contributed by atoms with Gasteiger partial charge in [0, 0.05) is 19.2 Å². The van der Waals surface area contributed by atoms with Gasteiger partial charge in [-0.1, -0.05) is 23.9 Å². The van der Waals surface area contributed by atoms with E-state index in [9.17, 15) is 18.8 Å². The maximum Gasteiger partial charge on any atom is 0.262 e. The molecule has 0 saturated carbocycles. The van der Waals surface area contributed by atoms with Crippen LogP contribution in [0.3, 0.4) is 0 Å². The highest BCUT2D eigenvalue weighted by Crippen LogP contribution is 2.21. The fourth-order valence-electron chi connectivity index (χ4n) is 3.48. The Morgan fingerprint density at radius 2 is 2.00 bits per heavy atom. The number of nitrogens with two attached hydrogens (primary N) is 1. The van der Waals surface area contributed by atoms with Crippen molar-refractivity contribution in [3.05, 3.63) is 93.9 Å². The SMILES string of the molecule is CN(Cc1cccc(F)c1)C(=O)c1ccc2c(=O)n(Cc3ccco3)c(SCC(N)=O)nc2c1. The number of benzene rings is 2. The van der Waals surface area contributed by atoms with Gasteiger partial charge in [-0.3, -0.25) is 19.0 Å². The van der Waals surface area contributed by atoms with Gasteiger partial charge in [0.05, 0.1) is 29.5 Å². The van der Waals surface area contributed by atoms with Crippen LogP contribution in [0.15, 0.2) is 75.2 Å². The fraction of sp³-hybridized carbons (Fsp3) is 0.167. The first-order chi connectivity index (χ1) is 16.3. The molecule has 2 N–H and O–H groups in total. The van der Waals surface area contributed by atoms with E-state index in [2.05, 4.69) is 4.98 Å². The molecule has 2 aromatic carbocycles. The molecule has 2 aromatic heterocycles. The molecule has 0 radical (unpaired) electrons. The molecular weight excluding hydrogens is 459 g/mol. The molecule has 0 unspecified atom stereocenters. The average molecular weight is 481 g/mol. The van der Waals surface area contributed by atoms with Crippen LogP contribution in [0.2, 0.25) is 0 Å². The molecule has 10 heteroatoms. The van der Waals surface area contributed by atoms with Crippen molar-refractivity contribution < 1.29 is 18.4 Å². The summed E-state index contributed by atoms with van der Waals surface area (Å²) in [5.74, 6) is -0.744. The number of carbonyl (C=O) groups excluding carboxylic acids is 2. The van der Waals surface area contributed by atoms with Crippen LogP contribution < -0.4 is 11.3 Å². The monoisotopic (exact) mass is 480 g/mol. The van der Waals surface area contributed by atoms with Crippen LogP contribution in [0.4, 0.5) is 4.39 Å². The van der Waals surface area contributed by atoms with Crippen LogP contribution in [0.25, 0.3) is 10.9 Å². The number of nitrogens with zero attached hydrogens (tertiary/aromatic N) is 3. The number of rotatable bonds is 8. The number of hydrogen-bond donors (Lipinski definition) is 1. The van der Waals surface area contributed by atoms with Gasteiger partial charge in [0.2, 0.25) is 5.91 Å². The number of furan rings is 1. The zero-order valence-electron chi connectivity index (χ0n) is 18.2. The predicted molar refractivity (Wildman–Crippen MR) is 126 cm³/mol. The summed E-state index contributed by atoms with van der Waals surface area (Å²) in [5, 5.41) is 0.602. The second-order valence-electron chi connectivity index (χ2n) is 7.64. The normalized spacial score (nSPS) is 11.0. The lowest BCUT2D eigenvalue weighted by molar-refractivity contribution is -0.115. The number of fused-ring (bicyclic) bond motifs is 1. The third kappa shape index (κ3) is 5.18. The van der Waals surface area contributed by atoms with E-state index >= 15 is 0 Å². The maximum absolute atomic E-state index is 13.5. The van der Waals surface area contributed by atoms with Crippen molar-refractivity contribution in [3.8, 4) is 0 Å². The lowest BCUT2D eigenvalue weighted by Crippen LogP contribution is -2.27. The van der Waals surface area contributed by atoms with E-state index in [-0.39, 0.29) is 41.3 Å². The summed E-state index contributed by atoms with van der Waals surface area (Å²) < 4.78 is 20.2. The van der Waals surface area contributed by atoms with Crippen LogP contribution >= 0.6 is 11.8 Å². The molecule has 0 aliphatic rings. The van der Waals surface area contributed by atoms with Crippen LogP contribution in [-0.4, -0.2) is 39.1 Å². The van der Waals surface area contributed by atoms with Crippen molar-refractivity contribution in [2.45, 2.75) is 18.2 Å². The van der Waals surface area contributed by atoms with E-state index in [1.54, 1.807) is 43.4 Å². The molecule has 0 aliphatic heterocycles. The standard InChI is InChI=1S/C24H21FN4O4S/c1-28(12-15-4-2-5-17(25)10-15)22(31)16-7-8-19-20(11-16)27-24(34-14-21(26)30)29(23(19)32)13-18-6-3-9-33-18/h2-11H,12-14H2,1H3,(H2,26,30). The van der Waals surface area contributed by atoms with Crippen LogP contribution in [-0.2, 0) is 17.9 Å². The highest BCUT2D eigenvalue weighted by atomic mass is 32.2. The van der Waals surface area contributed by atoms with Crippen molar-refractivity contribution in [2.24, 2.45) is 5.73 Å². The summed E-state index contributed by atoms with van der Waals surface area (Å²) in [7, 11) is 1.61. The quantitative estimate of drug-likeness (QED) is 0.307. The summed E-state index contributed by atoms with van der Waals surface area (Å²) >= 11 is 1.03. The minimum absolute atomic E-state index is 0.0644. The molecule has 0 atom stereocenters. The van der Waals surface area contributed by atoms with E-state index in [0.29, 0.717) is 27.8 Å². The van der Waals surface area contributed by atoms with Crippen LogP contribution in [0.5, 0.6) is 0 Å². The zero-order chi connectivity index (χ0) is 24.2. The summed E-state index contributed by atoms with van der Waals surface area (Å²) in [6.07, 6.45) is 1.50. The number of primary amides is 1. The topological polar surface area (TPSA) is 111 Å². The number of hydrogen-bond acceptors (Lipinski definition) is 6. The van der Waals surface area contributed by atoms with E-state index in [4.69, 9.17) is 10.2 Å². The zero-order valence-corrected chi connectivity index (χ0v) is 19.0. The van der Waals surface area contributed by atoms with Crippen molar-refractivity contribution in [1.29, 1.82) is 0 Å². The first-order valence-electron chi connectivity index (χ1n) is 10.3. The molecule has 0 fully saturated rings. The Morgan fingerprint density at radius 1 is 1.18 bits per heavy atom. The average Bonchev–Trinajstić information content (AvgIpc) is 3.32. The third-order valence-corrected chi connectivity index (χ3v) is 6.06. The largest absolute Gasteiger partial charge is 0.467 e. The smallest absolute Gasteiger partial charge is 0.262 e. The van der Waals surface area contributed by atoms with Crippen molar-refractivity contribution in [3.63, 3.8) is 0 Å². The van der Waals surface area contributed by atoms with Crippen LogP contribution in [0.1, 0.15) is 21.7 Å².